The largest absolute Gasteiger partial charge is 0.489 e. The second kappa shape index (κ2) is 7.66. The number of nitrogens with one attached hydrogen (secondary N) is 1. The smallest absolute Gasteiger partial charge is 0.255 e. The molecule has 0 saturated carbocycles. The van der Waals surface area contributed by atoms with Gasteiger partial charge in [0.1, 0.15) is 12.4 Å². The molecule has 0 spiro atoms. The van der Waals surface area contributed by atoms with Crippen molar-refractivity contribution in [2.24, 2.45) is 7.05 Å². The summed E-state index contributed by atoms with van der Waals surface area (Å²) in [6.07, 6.45) is 0. The lowest BCUT2D eigenvalue weighted by Crippen LogP contribution is -2.13. The minimum absolute atomic E-state index is 0.150. The molecule has 1 aromatic heterocycles. The highest BCUT2D eigenvalue weighted by Crippen LogP contribution is 2.22. The van der Waals surface area contributed by atoms with Crippen LogP contribution in [0.25, 0.3) is 0 Å². The quantitative estimate of drug-likeness (QED) is 0.727. The third-order valence-corrected chi connectivity index (χ3v) is 4.67. The number of aromatic nitrogens is 2. The molecule has 3 rings (SSSR count). The van der Waals surface area contributed by atoms with Crippen molar-refractivity contribution in [2.45, 2.75) is 34.3 Å². The predicted octanol–water partition coefficient (Wildman–Crippen LogP) is 4.49. The SMILES string of the molecule is Cc1ccc(C)c(OCc2cccc(C(=O)Nc3c(C)nn(C)c3C)c2)c1. The van der Waals surface area contributed by atoms with E-state index in [-0.39, 0.29) is 5.91 Å². The third-order valence-electron chi connectivity index (χ3n) is 4.67. The first-order chi connectivity index (χ1) is 12.8. The van der Waals surface area contributed by atoms with Gasteiger partial charge in [0, 0.05) is 12.6 Å². The van der Waals surface area contributed by atoms with E-state index in [1.165, 1.54) is 0 Å². The molecule has 1 amide bonds. The molecule has 1 heterocycles. The number of benzene rings is 2. The average Bonchev–Trinajstić information content (AvgIpc) is 2.88. The highest BCUT2D eigenvalue weighted by atomic mass is 16.5. The van der Waals surface area contributed by atoms with E-state index in [2.05, 4.69) is 16.5 Å². The van der Waals surface area contributed by atoms with Crippen molar-refractivity contribution in [3.8, 4) is 5.75 Å². The number of aryl methyl sites for hydroxylation is 4. The Hall–Kier alpha value is -3.08. The molecule has 0 aliphatic heterocycles. The first-order valence-electron chi connectivity index (χ1n) is 8.95. The molecular weight excluding hydrogens is 338 g/mol. The minimum atomic E-state index is -0.150. The maximum Gasteiger partial charge on any atom is 0.255 e. The lowest BCUT2D eigenvalue weighted by Gasteiger charge is -2.11. The maximum absolute atomic E-state index is 12.7. The van der Waals surface area contributed by atoms with Gasteiger partial charge < -0.3 is 10.1 Å². The second-order valence-corrected chi connectivity index (χ2v) is 6.88. The number of nitrogens with zero attached hydrogens (tertiary/aromatic N) is 2. The summed E-state index contributed by atoms with van der Waals surface area (Å²) in [7, 11) is 1.86. The number of hydrogen-bond acceptors (Lipinski definition) is 3. The summed E-state index contributed by atoms with van der Waals surface area (Å²) < 4.78 is 7.72. The van der Waals surface area contributed by atoms with Gasteiger partial charge >= 0.3 is 0 Å². The van der Waals surface area contributed by atoms with Crippen molar-refractivity contribution in [1.82, 2.24) is 9.78 Å². The first-order valence-corrected chi connectivity index (χ1v) is 8.95. The van der Waals surface area contributed by atoms with E-state index in [9.17, 15) is 4.79 Å². The lowest BCUT2D eigenvalue weighted by atomic mass is 10.1. The fourth-order valence-electron chi connectivity index (χ4n) is 2.97. The molecule has 1 N–H and O–H groups in total. The van der Waals surface area contributed by atoms with Gasteiger partial charge in [0.25, 0.3) is 5.91 Å². The van der Waals surface area contributed by atoms with E-state index in [0.29, 0.717) is 12.2 Å². The van der Waals surface area contributed by atoms with Crippen molar-refractivity contribution in [3.05, 3.63) is 76.1 Å². The Labute approximate surface area is 160 Å². The molecule has 2 aromatic carbocycles. The summed E-state index contributed by atoms with van der Waals surface area (Å²) in [5, 5.41) is 7.31. The summed E-state index contributed by atoms with van der Waals surface area (Å²) in [4.78, 5) is 12.7. The van der Waals surface area contributed by atoms with E-state index in [0.717, 1.165) is 39.5 Å². The van der Waals surface area contributed by atoms with Gasteiger partial charge in [-0.25, -0.2) is 0 Å². The topological polar surface area (TPSA) is 56.1 Å². The third kappa shape index (κ3) is 4.19. The van der Waals surface area contributed by atoms with Crippen LogP contribution in [0.5, 0.6) is 5.75 Å². The van der Waals surface area contributed by atoms with Crippen molar-refractivity contribution in [3.63, 3.8) is 0 Å². The Morgan fingerprint density at radius 2 is 1.89 bits per heavy atom. The first kappa shape index (κ1) is 18.7. The molecule has 5 nitrogen and oxygen atoms in total. The molecule has 0 aliphatic rings. The van der Waals surface area contributed by atoms with Gasteiger partial charge in [-0.1, -0.05) is 24.3 Å². The van der Waals surface area contributed by atoms with E-state index >= 15 is 0 Å². The van der Waals surface area contributed by atoms with Gasteiger partial charge in [0.2, 0.25) is 0 Å². The molecule has 3 aromatic rings. The second-order valence-electron chi connectivity index (χ2n) is 6.88. The van der Waals surface area contributed by atoms with Crippen LogP contribution in [0.4, 0.5) is 5.69 Å². The molecule has 0 aliphatic carbocycles. The molecule has 0 atom stereocenters. The number of carbonyl (C=O) groups excluding carboxylic acids is 1. The normalized spacial score (nSPS) is 10.7. The van der Waals surface area contributed by atoms with Crippen molar-refractivity contribution >= 4 is 11.6 Å². The van der Waals surface area contributed by atoms with Crippen LogP contribution in [0.3, 0.4) is 0 Å². The van der Waals surface area contributed by atoms with Gasteiger partial charge in [0.05, 0.1) is 17.1 Å². The van der Waals surface area contributed by atoms with Crippen LogP contribution in [0.2, 0.25) is 0 Å². The van der Waals surface area contributed by atoms with Gasteiger partial charge in [-0.2, -0.15) is 5.10 Å². The molecule has 5 heteroatoms. The monoisotopic (exact) mass is 363 g/mol. The standard InChI is InChI=1S/C22H25N3O2/c1-14-9-10-15(2)20(11-14)27-13-18-7-6-8-19(12-18)22(26)23-21-16(3)24-25(5)17(21)4/h6-12H,13H2,1-5H3,(H,23,26). The molecule has 0 saturated heterocycles. The van der Waals surface area contributed by atoms with Crippen LogP contribution < -0.4 is 10.1 Å². The Balaban J connectivity index is 1.73. The lowest BCUT2D eigenvalue weighted by molar-refractivity contribution is 0.102. The van der Waals surface area contributed by atoms with Gasteiger partial charge in [-0.05, 0) is 62.6 Å². The maximum atomic E-state index is 12.7. The van der Waals surface area contributed by atoms with Crippen molar-refractivity contribution in [1.29, 1.82) is 0 Å². The molecule has 0 fully saturated rings. The Bertz CT molecular complexity index is 989. The van der Waals surface area contributed by atoms with E-state index in [1.807, 2.05) is 65.1 Å². The Morgan fingerprint density at radius 1 is 1.11 bits per heavy atom. The van der Waals surface area contributed by atoms with Gasteiger partial charge in [-0.15, -0.1) is 0 Å². The molecule has 0 bridgehead atoms. The van der Waals surface area contributed by atoms with Crippen molar-refractivity contribution in [2.75, 3.05) is 5.32 Å². The fraction of sp³-hybridized carbons (Fsp3) is 0.273. The highest BCUT2D eigenvalue weighted by Gasteiger charge is 2.14. The number of anilines is 1. The highest BCUT2D eigenvalue weighted by molar-refractivity contribution is 6.05. The predicted molar refractivity (Wildman–Crippen MR) is 107 cm³/mol. The summed E-state index contributed by atoms with van der Waals surface area (Å²) in [6, 6.07) is 13.6. The number of hydrogen-bond donors (Lipinski definition) is 1. The molecule has 27 heavy (non-hydrogen) atoms. The van der Waals surface area contributed by atoms with Crippen LogP contribution in [-0.2, 0) is 13.7 Å². The fourth-order valence-corrected chi connectivity index (χ4v) is 2.97. The Morgan fingerprint density at radius 3 is 2.59 bits per heavy atom. The van der Waals surface area contributed by atoms with Crippen LogP contribution in [0, 0.1) is 27.7 Å². The minimum Gasteiger partial charge on any atom is -0.489 e. The van der Waals surface area contributed by atoms with E-state index in [1.54, 1.807) is 10.7 Å². The van der Waals surface area contributed by atoms with Gasteiger partial charge in [-0.3, -0.25) is 9.48 Å². The average molecular weight is 363 g/mol. The number of rotatable bonds is 5. The summed E-state index contributed by atoms with van der Waals surface area (Å²) in [6.45, 7) is 8.30. The van der Waals surface area contributed by atoms with Gasteiger partial charge in [0.15, 0.2) is 0 Å². The molecule has 140 valence electrons. The van der Waals surface area contributed by atoms with Crippen molar-refractivity contribution < 1.29 is 9.53 Å². The van der Waals surface area contributed by atoms with E-state index < -0.39 is 0 Å². The van der Waals surface area contributed by atoms with Crippen LogP contribution in [0.15, 0.2) is 42.5 Å². The summed E-state index contributed by atoms with van der Waals surface area (Å²) >= 11 is 0. The summed E-state index contributed by atoms with van der Waals surface area (Å²) in [5.41, 5.74) is 6.29. The molecule has 0 unspecified atom stereocenters. The van der Waals surface area contributed by atoms with Crippen LogP contribution >= 0.6 is 0 Å². The summed E-state index contributed by atoms with van der Waals surface area (Å²) in [5.74, 6) is 0.717. The zero-order valence-corrected chi connectivity index (χ0v) is 16.5. The number of carbonyl (C=O) groups is 1. The zero-order valence-electron chi connectivity index (χ0n) is 16.5. The Kier molecular flexibility index (Phi) is 5.31. The number of ether oxygens (including phenoxy) is 1. The molecule has 0 radical (unpaired) electrons. The van der Waals surface area contributed by atoms with E-state index in [4.69, 9.17) is 4.74 Å². The molecular formula is C22H25N3O2. The number of amides is 1. The van der Waals surface area contributed by atoms with Crippen LogP contribution in [-0.4, -0.2) is 15.7 Å². The van der Waals surface area contributed by atoms with Crippen LogP contribution in [0.1, 0.15) is 38.4 Å². The zero-order chi connectivity index (χ0) is 19.6.